The summed E-state index contributed by atoms with van der Waals surface area (Å²) in [7, 11) is 2.98. The van der Waals surface area contributed by atoms with Crippen LogP contribution in [0, 0.1) is 10.1 Å². The van der Waals surface area contributed by atoms with Gasteiger partial charge in [-0.3, -0.25) is 10.1 Å². The van der Waals surface area contributed by atoms with Crippen LogP contribution in [0.1, 0.15) is 11.1 Å². The summed E-state index contributed by atoms with van der Waals surface area (Å²) in [5, 5.41) is 11.0. The molecule has 3 rings (SSSR count). The summed E-state index contributed by atoms with van der Waals surface area (Å²) in [5.74, 6) is 0.287. The van der Waals surface area contributed by atoms with Crippen LogP contribution >= 0.6 is 0 Å². The summed E-state index contributed by atoms with van der Waals surface area (Å²) in [6, 6.07) is 11.4. The van der Waals surface area contributed by atoms with Gasteiger partial charge in [0.05, 0.1) is 24.7 Å². The molecule has 0 saturated carbocycles. The molecule has 0 aliphatic carbocycles. The number of non-ortho nitro benzene ring substituents is 1. The van der Waals surface area contributed by atoms with Crippen LogP contribution in [0.3, 0.4) is 0 Å². The standard InChI is InChI=1S/C20H16N2O6/c1-26-17-9-4-3-6-13(17)7-5-8-16-20(23)28-19(21-16)15-12-14(22(24)25)10-11-18(15)27-2/h3-12H,1-2H3. The Morgan fingerprint density at radius 1 is 1.11 bits per heavy atom. The van der Waals surface area contributed by atoms with E-state index in [4.69, 9.17) is 14.2 Å². The molecule has 2 aromatic carbocycles. The first-order valence-electron chi connectivity index (χ1n) is 8.18. The van der Waals surface area contributed by atoms with Crippen LogP contribution < -0.4 is 9.47 Å². The monoisotopic (exact) mass is 380 g/mol. The summed E-state index contributed by atoms with van der Waals surface area (Å²) >= 11 is 0. The molecule has 0 bridgehead atoms. The van der Waals surface area contributed by atoms with Crippen molar-refractivity contribution in [1.82, 2.24) is 0 Å². The molecule has 0 aromatic heterocycles. The van der Waals surface area contributed by atoms with Gasteiger partial charge < -0.3 is 14.2 Å². The van der Waals surface area contributed by atoms with Crippen molar-refractivity contribution in [2.24, 2.45) is 4.99 Å². The lowest BCUT2D eigenvalue weighted by atomic mass is 10.1. The van der Waals surface area contributed by atoms with Crippen LogP contribution in [-0.4, -0.2) is 31.0 Å². The average molecular weight is 380 g/mol. The van der Waals surface area contributed by atoms with Gasteiger partial charge in [-0.05, 0) is 18.2 Å². The van der Waals surface area contributed by atoms with Crippen molar-refractivity contribution in [2.75, 3.05) is 14.2 Å². The fourth-order valence-corrected chi connectivity index (χ4v) is 2.56. The van der Waals surface area contributed by atoms with Crippen molar-refractivity contribution in [2.45, 2.75) is 0 Å². The minimum Gasteiger partial charge on any atom is -0.496 e. The Morgan fingerprint density at radius 2 is 1.86 bits per heavy atom. The number of nitro groups is 1. The molecule has 0 spiro atoms. The number of aliphatic imine (C=N–C) groups is 1. The number of methoxy groups -OCH3 is 2. The fraction of sp³-hybridized carbons (Fsp3) is 0.100. The second-order valence-electron chi connectivity index (χ2n) is 5.60. The molecular formula is C20H16N2O6. The second kappa shape index (κ2) is 8.17. The molecule has 0 atom stereocenters. The first-order chi connectivity index (χ1) is 13.5. The molecule has 0 N–H and O–H groups in total. The van der Waals surface area contributed by atoms with E-state index in [1.54, 1.807) is 19.3 Å². The van der Waals surface area contributed by atoms with Crippen LogP contribution in [0.15, 0.2) is 65.3 Å². The van der Waals surface area contributed by atoms with Crippen molar-refractivity contribution in [3.63, 3.8) is 0 Å². The zero-order valence-corrected chi connectivity index (χ0v) is 15.1. The highest BCUT2D eigenvalue weighted by atomic mass is 16.6. The van der Waals surface area contributed by atoms with Gasteiger partial charge in [-0.25, -0.2) is 9.79 Å². The third-order valence-electron chi connectivity index (χ3n) is 3.91. The number of hydrogen-bond acceptors (Lipinski definition) is 7. The number of ether oxygens (including phenoxy) is 3. The predicted molar refractivity (Wildman–Crippen MR) is 102 cm³/mol. The van der Waals surface area contributed by atoms with Crippen molar-refractivity contribution in [1.29, 1.82) is 0 Å². The third-order valence-corrected chi connectivity index (χ3v) is 3.91. The molecule has 8 heteroatoms. The van der Waals surface area contributed by atoms with E-state index >= 15 is 0 Å². The summed E-state index contributed by atoms with van der Waals surface area (Å²) in [5.41, 5.74) is 0.956. The predicted octanol–water partition coefficient (Wildman–Crippen LogP) is 3.51. The van der Waals surface area contributed by atoms with Crippen molar-refractivity contribution in [3.05, 3.63) is 81.6 Å². The Labute approximate surface area is 160 Å². The van der Waals surface area contributed by atoms with Gasteiger partial charge in [0, 0.05) is 17.7 Å². The lowest BCUT2D eigenvalue weighted by Crippen LogP contribution is -2.07. The molecule has 1 aliphatic rings. The molecule has 2 aromatic rings. The first kappa shape index (κ1) is 18.8. The maximum Gasteiger partial charge on any atom is 0.363 e. The Morgan fingerprint density at radius 3 is 2.57 bits per heavy atom. The van der Waals surface area contributed by atoms with Crippen molar-refractivity contribution in [3.8, 4) is 11.5 Å². The van der Waals surface area contributed by atoms with E-state index in [0.29, 0.717) is 11.5 Å². The normalized spacial score (nSPS) is 14.9. The lowest BCUT2D eigenvalue weighted by Gasteiger charge is -2.06. The number of nitro benzene ring substituents is 1. The number of para-hydroxylation sites is 1. The number of esters is 1. The van der Waals surface area contributed by atoms with Gasteiger partial charge in [-0.1, -0.05) is 30.4 Å². The minimum absolute atomic E-state index is 0.0532. The first-order valence-corrected chi connectivity index (χ1v) is 8.18. The van der Waals surface area contributed by atoms with Crippen LogP contribution in [-0.2, 0) is 9.53 Å². The van der Waals surface area contributed by atoms with Gasteiger partial charge in [-0.15, -0.1) is 0 Å². The maximum absolute atomic E-state index is 12.1. The summed E-state index contributed by atoms with van der Waals surface area (Å²) in [6.45, 7) is 0. The Balaban J connectivity index is 1.91. The molecule has 0 amide bonds. The molecule has 1 aliphatic heterocycles. The highest BCUT2D eigenvalue weighted by Crippen LogP contribution is 2.28. The number of cyclic esters (lactones) is 1. The molecule has 142 valence electrons. The smallest absolute Gasteiger partial charge is 0.363 e. The van der Waals surface area contributed by atoms with E-state index in [9.17, 15) is 14.9 Å². The molecule has 0 radical (unpaired) electrons. The summed E-state index contributed by atoms with van der Waals surface area (Å²) < 4.78 is 15.6. The van der Waals surface area contributed by atoms with Crippen LogP contribution in [0.4, 0.5) is 5.69 Å². The van der Waals surface area contributed by atoms with Gasteiger partial charge in [0.1, 0.15) is 11.5 Å². The van der Waals surface area contributed by atoms with Gasteiger partial charge in [0.25, 0.3) is 5.69 Å². The van der Waals surface area contributed by atoms with E-state index in [-0.39, 0.29) is 22.8 Å². The number of nitrogens with zero attached hydrogens (tertiary/aromatic N) is 2. The zero-order chi connectivity index (χ0) is 20.1. The van der Waals surface area contributed by atoms with Crippen LogP contribution in [0.2, 0.25) is 0 Å². The van der Waals surface area contributed by atoms with Crippen LogP contribution in [0.5, 0.6) is 11.5 Å². The molecule has 0 fully saturated rings. The number of rotatable bonds is 6. The van der Waals surface area contributed by atoms with E-state index in [0.717, 1.165) is 5.56 Å². The van der Waals surface area contributed by atoms with E-state index < -0.39 is 10.9 Å². The van der Waals surface area contributed by atoms with E-state index in [2.05, 4.69) is 4.99 Å². The maximum atomic E-state index is 12.1. The van der Waals surface area contributed by atoms with E-state index in [1.807, 2.05) is 24.3 Å². The number of carbonyl (C=O) groups is 1. The number of benzene rings is 2. The Bertz CT molecular complexity index is 1020. The third kappa shape index (κ3) is 3.90. The molecule has 0 unspecified atom stereocenters. The fourth-order valence-electron chi connectivity index (χ4n) is 2.56. The zero-order valence-electron chi connectivity index (χ0n) is 15.1. The molecule has 0 saturated heterocycles. The topological polar surface area (TPSA) is 100 Å². The molecular weight excluding hydrogens is 364 g/mol. The van der Waals surface area contributed by atoms with Crippen molar-refractivity contribution >= 4 is 23.6 Å². The van der Waals surface area contributed by atoms with Gasteiger partial charge >= 0.3 is 5.97 Å². The minimum atomic E-state index is -0.659. The summed E-state index contributed by atoms with van der Waals surface area (Å²) in [4.78, 5) is 26.7. The Kier molecular flexibility index (Phi) is 5.50. The highest BCUT2D eigenvalue weighted by molar-refractivity contribution is 6.12. The largest absolute Gasteiger partial charge is 0.496 e. The SMILES string of the molecule is COc1ccccc1C=CC=C1N=C(c2cc([N+](=O)[O-])ccc2OC)OC1=O. The highest BCUT2D eigenvalue weighted by Gasteiger charge is 2.27. The Hall–Kier alpha value is -3.94. The number of hydrogen-bond donors (Lipinski definition) is 0. The van der Waals surface area contributed by atoms with Crippen molar-refractivity contribution < 1.29 is 23.9 Å². The van der Waals surface area contributed by atoms with Crippen LogP contribution in [0.25, 0.3) is 6.08 Å². The molecule has 1 heterocycles. The van der Waals surface area contributed by atoms with Gasteiger partial charge in [0.15, 0.2) is 5.70 Å². The number of allylic oxidation sites excluding steroid dienone is 2. The lowest BCUT2D eigenvalue weighted by molar-refractivity contribution is -0.384. The quantitative estimate of drug-likeness (QED) is 0.329. The summed E-state index contributed by atoms with van der Waals surface area (Å²) in [6.07, 6.45) is 4.90. The molecule has 8 nitrogen and oxygen atoms in total. The second-order valence-corrected chi connectivity index (χ2v) is 5.60. The van der Waals surface area contributed by atoms with E-state index in [1.165, 1.54) is 31.4 Å². The average Bonchev–Trinajstić information content (AvgIpc) is 3.08. The molecule has 28 heavy (non-hydrogen) atoms. The van der Waals surface area contributed by atoms with Gasteiger partial charge in [-0.2, -0.15) is 0 Å². The van der Waals surface area contributed by atoms with Gasteiger partial charge in [0.2, 0.25) is 5.90 Å². The number of carbonyl (C=O) groups excluding carboxylic acids is 1.